The van der Waals surface area contributed by atoms with Crippen LogP contribution in [0.25, 0.3) is 5.57 Å². The average Bonchev–Trinajstić information content (AvgIpc) is 2.75. The van der Waals surface area contributed by atoms with Gasteiger partial charge in [-0.3, -0.25) is 0 Å². The van der Waals surface area contributed by atoms with E-state index in [1.165, 1.54) is 0 Å². The lowest BCUT2D eigenvalue weighted by Gasteiger charge is -2.19. The van der Waals surface area contributed by atoms with Crippen LogP contribution in [0, 0.1) is 0 Å². The van der Waals surface area contributed by atoms with Gasteiger partial charge in [-0.1, -0.05) is 34.9 Å². The summed E-state index contributed by atoms with van der Waals surface area (Å²) in [5.74, 6) is 0. The highest BCUT2D eigenvalue weighted by Crippen LogP contribution is 2.36. The number of pyridine rings is 1. The third kappa shape index (κ3) is 2.85. The zero-order valence-corrected chi connectivity index (χ0v) is 12.6. The van der Waals surface area contributed by atoms with Crippen molar-refractivity contribution >= 4 is 39.6 Å². The van der Waals surface area contributed by atoms with Gasteiger partial charge < -0.3 is 9.74 Å². The number of aromatic nitrogens is 1. The van der Waals surface area contributed by atoms with E-state index in [1.807, 2.05) is 32.0 Å². The molecule has 0 fully saturated rings. The Morgan fingerprint density at radius 3 is 2.63 bits per heavy atom. The predicted molar refractivity (Wildman–Crippen MR) is 80.0 cm³/mol. The molecule has 2 rings (SSSR count). The lowest BCUT2D eigenvalue weighted by Crippen LogP contribution is -2.13. The van der Waals surface area contributed by atoms with Crippen LogP contribution in [0.3, 0.4) is 0 Å². The second-order valence-corrected chi connectivity index (χ2v) is 5.48. The molecule has 0 aromatic carbocycles. The summed E-state index contributed by atoms with van der Waals surface area (Å²) in [7, 11) is 3.85. The normalized spacial score (nSPS) is 17.9. The molecule has 0 saturated heterocycles. The number of halogens is 2. The standard InChI is InChI=1S/C13H15Cl2N3O/c1-7(2)13-12(15)9(18(3)4)5-8(16-13)10-6-11(14)17-19-10/h5,10H,1,6H2,2-4H3. The molecule has 0 amide bonds. The van der Waals surface area contributed by atoms with Gasteiger partial charge in [0.2, 0.25) is 0 Å². The third-order valence-electron chi connectivity index (χ3n) is 2.81. The third-order valence-corrected chi connectivity index (χ3v) is 3.40. The van der Waals surface area contributed by atoms with Crippen molar-refractivity contribution in [1.29, 1.82) is 0 Å². The van der Waals surface area contributed by atoms with E-state index in [1.54, 1.807) is 0 Å². The Hall–Kier alpha value is -1.26. The van der Waals surface area contributed by atoms with Gasteiger partial charge in [-0.2, -0.15) is 0 Å². The van der Waals surface area contributed by atoms with Crippen molar-refractivity contribution in [1.82, 2.24) is 4.98 Å². The number of rotatable bonds is 3. The number of allylic oxidation sites excluding steroid dienone is 1. The van der Waals surface area contributed by atoms with Gasteiger partial charge in [-0.05, 0) is 18.6 Å². The Kier molecular flexibility index (Phi) is 4.02. The zero-order valence-electron chi connectivity index (χ0n) is 11.1. The molecular weight excluding hydrogens is 285 g/mol. The highest BCUT2D eigenvalue weighted by molar-refractivity contribution is 6.65. The fraction of sp³-hybridized carbons (Fsp3) is 0.385. The Balaban J connectivity index is 2.48. The van der Waals surface area contributed by atoms with E-state index in [-0.39, 0.29) is 6.10 Å². The number of hydrogen-bond donors (Lipinski definition) is 0. The van der Waals surface area contributed by atoms with Gasteiger partial charge in [0.25, 0.3) is 0 Å². The summed E-state index contributed by atoms with van der Waals surface area (Å²) in [6, 6.07) is 1.89. The summed E-state index contributed by atoms with van der Waals surface area (Å²) in [5.41, 5.74) is 3.11. The Morgan fingerprint density at radius 1 is 1.47 bits per heavy atom. The zero-order chi connectivity index (χ0) is 14.2. The molecule has 4 nitrogen and oxygen atoms in total. The fourth-order valence-corrected chi connectivity index (χ4v) is 2.42. The molecule has 1 aromatic rings. The molecule has 0 bridgehead atoms. The van der Waals surface area contributed by atoms with Crippen molar-refractivity contribution in [2.45, 2.75) is 19.4 Å². The first kappa shape index (κ1) is 14.2. The first-order valence-electron chi connectivity index (χ1n) is 5.82. The van der Waals surface area contributed by atoms with Crippen molar-refractivity contribution in [2.75, 3.05) is 19.0 Å². The smallest absolute Gasteiger partial charge is 0.175 e. The molecule has 0 saturated carbocycles. The van der Waals surface area contributed by atoms with E-state index in [2.05, 4.69) is 16.7 Å². The molecule has 1 aliphatic rings. The lowest BCUT2D eigenvalue weighted by molar-refractivity contribution is 0.0826. The van der Waals surface area contributed by atoms with Gasteiger partial charge in [0.15, 0.2) is 6.10 Å². The minimum absolute atomic E-state index is 0.262. The van der Waals surface area contributed by atoms with E-state index >= 15 is 0 Å². The van der Waals surface area contributed by atoms with Crippen molar-refractivity contribution < 1.29 is 4.84 Å². The van der Waals surface area contributed by atoms with E-state index in [0.29, 0.717) is 22.3 Å². The Labute approximate surface area is 122 Å². The summed E-state index contributed by atoms with van der Waals surface area (Å²) >= 11 is 12.2. The molecule has 102 valence electrons. The fourth-order valence-electron chi connectivity index (χ4n) is 1.82. The topological polar surface area (TPSA) is 37.7 Å². The minimum atomic E-state index is -0.262. The van der Waals surface area contributed by atoms with E-state index < -0.39 is 0 Å². The summed E-state index contributed by atoms with van der Waals surface area (Å²) in [5, 5.41) is 4.78. The molecule has 19 heavy (non-hydrogen) atoms. The van der Waals surface area contributed by atoms with Crippen LogP contribution in [0.2, 0.25) is 5.02 Å². The van der Waals surface area contributed by atoms with Crippen LogP contribution in [-0.4, -0.2) is 24.3 Å². The van der Waals surface area contributed by atoms with Crippen LogP contribution in [0.15, 0.2) is 17.8 Å². The molecular formula is C13H15Cl2N3O. The Morgan fingerprint density at radius 2 is 2.16 bits per heavy atom. The molecule has 0 aliphatic carbocycles. The van der Waals surface area contributed by atoms with Gasteiger partial charge >= 0.3 is 0 Å². The summed E-state index contributed by atoms with van der Waals surface area (Å²) in [6.07, 6.45) is 0.264. The summed E-state index contributed by atoms with van der Waals surface area (Å²) in [6.45, 7) is 5.78. The van der Waals surface area contributed by atoms with Gasteiger partial charge in [0.1, 0.15) is 5.17 Å². The van der Waals surface area contributed by atoms with Gasteiger partial charge in [-0.25, -0.2) is 4.98 Å². The van der Waals surface area contributed by atoms with Crippen molar-refractivity contribution in [3.8, 4) is 0 Å². The lowest BCUT2D eigenvalue weighted by atomic mass is 10.1. The van der Waals surface area contributed by atoms with Crippen molar-refractivity contribution in [3.63, 3.8) is 0 Å². The van der Waals surface area contributed by atoms with Crippen LogP contribution >= 0.6 is 23.2 Å². The quantitative estimate of drug-likeness (QED) is 0.851. The highest BCUT2D eigenvalue weighted by atomic mass is 35.5. The summed E-state index contributed by atoms with van der Waals surface area (Å²) < 4.78 is 0. The van der Waals surface area contributed by atoms with E-state index in [9.17, 15) is 0 Å². The molecule has 0 spiro atoms. The molecule has 0 N–H and O–H groups in total. The van der Waals surface area contributed by atoms with Crippen molar-refractivity contribution in [3.05, 3.63) is 29.1 Å². The molecule has 2 heterocycles. The van der Waals surface area contributed by atoms with Gasteiger partial charge in [-0.15, -0.1) is 0 Å². The number of anilines is 1. The molecule has 6 heteroatoms. The van der Waals surface area contributed by atoms with Crippen LogP contribution in [0.5, 0.6) is 0 Å². The van der Waals surface area contributed by atoms with Crippen LogP contribution in [0.4, 0.5) is 5.69 Å². The molecule has 1 unspecified atom stereocenters. The second kappa shape index (κ2) is 5.39. The minimum Gasteiger partial charge on any atom is -0.385 e. The maximum Gasteiger partial charge on any atom is 0.175 e. The number of nitrogens with zero attached hydrogens (tertiary/aromatic N) is 3. The van der Waals surface area contributed by atoms with E-state index in [4.69, 9.17) is 28.0 Å². The van der Waals surface area contributed by atoms with Crippen LogP contribution < -0.4 is 4.90 Å². The van der Waals surface area contributed by atoms with Crippen molar-refractivity contribution in [2.24, 2.45) is 5.16 Å². The first-order valence-corrected chi connectivity index (χ1v) is 6.57. The Bertz CT molecular complexity index is 555. The number of hydrogen-bond acceptors (Lipinski definition) is 4. The van der Waals surface area contributed by atoms with Crippen LogP contribution in [0.1, 0.15) is 30.8 Å². The van der Waals surface area contributed by atoms with Crippen LogP contribution in [-0.2, 0) is 4.84 Å². The molecule has 1 aromatic heterocycles. The SMILES string of the molecule is C=C(C)c1nc(C2CC(Cl)=NO2)cc(N(C)C)c1Cl. The highest BCUT2D eigenvalue weighted by Gasteiger charge is 2.25. The van der Waals surface area contributed by atoms with Gasteiger partial charge in [0.05, 0.1) is 22.1 Å². The first-order chi connectivity index (χ1) is 8.90. The predicted octanol–water partition coefficient (Wildman–Crippen LogP) is 3.85. The average molecular weight is 300 g/mol. The number of oxime groups is 1. The second-order valence-electron chi connectivity index (χ2n) is 4.67. The molecule has 1 atom stereocenters. The monoisotopic (exact) mass is 299 g/mol. The van der Waals surface area contributed by atoms with Gasteiger partial charge in [0, 0.05) is 20.5 Å². The van der Waals surface area contributed by atoms with E-state index in [0.717, 1.165) is 17.0 Å². The molecule has 0 radical (unpaired) electrons. The maximum absolute atomic E-state index is 6.35. The molecule has 1 aliphatic heterocycles. The largest absolute Gasteiger partial charge is 0.385 e. The maximum atomic E-state index is 6.35. The summed E-state index contributed by atoms with van der Waals surface area (Å²) in [4.78, 5) is 11.7.